The van der Waals surface area contributed by atoms with Gasteiger partial charge in [0.25, 0.3) is 0 Å². The molecule has 40 heavy (non-hydrogen) atoms. The third-order valence-corrected chi connectivity index (χ3v) is 10.8. The molecule has 0 aliphatic heterocycles. The van der Waals surface area contributed by atoms with Crippen LogP contribution in [-0.2, 0) is 35.1 Å². The number of carbonyl (C=O) groups is 4. The Balaban J connectivity index is 1.15. The second-order valence-corrected chi connectivity index (χ2v) is 12.9. The van der Waals surface area contributed by atoms with E-state index < -0.39 is 12.0 Å². The number of esters is 2. The molecule has 0 unspecified atom stereocenters. The highest BCUT2D eigenvalue weighted by atomic mass is 16.5. The number of rotatable bonds is 8. The van der Waals surface area contributed by atoms with Crippen LogP contribution in [0, 0.1) is 28.6 Å². The van der Waals surface area contributed by atoms with Crippen molar-refractivity contribution in [2.75, 3.05) is 7.11 Å². The van der Waals surface area contributed by atoms with E-state index in [-0.39, 0.29) is 47.4 Å². The van der Waals surface area contributed by atoms with Crippen molar-refractivity contribution in [3.63, 3.8) is 0 Å². The molecule has 4 aliphatic carbocycles. The molecule has 7 nitrogen and oxygen atoms in total. The maximum atomic E-state index is 12.9. The minimum atomic E-state index is -0.810. The smallest absolute Gasteiger partial charge is 0.328 e. The number of ether oxygens (including phenoxy) is 2. The standard InChI is InChI=1S/C33H43NO6/c1-32-17-15-23(35)20-22(32)9-10-24-25-11-12-28(33(25,2)18-16-26(24)32)40-30(37)14-13-29(36)34-27(31(38)39-3)19-21-7-5-4-6-8-21/h4-8,20,24-28H,9-19H2,1-3H3,(H,34,36)/t24-,25-,26-,27+,28-,32-,33-/m0/s1. The summed E-state index contributed by atoms with van der Waals surface area (Å²) in [5, 5.41) is 2.73. The third kappa shape index (κ3) is 5.48. The minimum Gasteiger partial charge on any atom is -0.467 e. The number of amides is 1. The molecule has 4 aliphatic rings. The van der Waals surface area contributed by atoms with E-state index in [1.165, 1.54) is 12.7 Å². The zero-order valence-corrected chi connectivity index (χ0v) is 24.1. The molecule has 1 N–H and O–H groups in total. The molecule has 0 aromatic heterocycles. The van der Waals surface area contributed by atoms with Crippen LogP contribution in [0.2, 0.25) is 0 Å². The van der Waals surface area contributed by atoms with Gasteiger partial charge in [-0.05, 0) is 79.8 Å². The van der Waals surface area contributed by atoms with Gasteiger partial charge in [-0.3, -0.25) is 14.4 Å². The zero-order valence-electron chi connectivity index (χ0n) is 24.1. The number of hydrogen-bond acceptors (Lipinski definition) is 6. The molecule has 1 amide bonds. The van der Waals surface area contributed by atoms with Crippen LogP contribution in [0.3, 0.4) is 0 Å². The van der Waals surface area contributed by atoms with Gasteiger partial charge in [0.15, 0.2) is 5.78 Å². The van der Waals surface area contributed by atoms with Crippen molar-refractivity contribution in [2.45, 2.75) is 96.6 Å². The number of nitrogens with one attached hydrogen (secondary N) is 1. The molecule has 3 fully saturated rings. The first-order valence-electron chi connectivity index (χ1n) is 15.0. The maximum absolute atomic E-state index is 12.9. The first-order chi connectivity index (χ1) is 19.1. The van der Waals surface area contributed by atoms with Crippen molar-refractivity contribution in [3.8, 4) is 0 Å². The van der Waals surface area contributed by atoms with Crippen LogP contribution < -0.4 is 5.32 Å². The highest BCUT2D eigenvalue weighted by molar-refractivity contribution is 5.91. The molecular formula is C33H43NO6. The van der Waals surface area contributed by atoms with Crippen LogP contribution in [0.1, 0.15) is 83.6 Å². The van der Waals surface area contributed by atoms with E-state index in [9.17, 15) is 19.2 Å². The molecule has 0 saturated heterocycles. The van der Waals surface area contributed by atoms with Crippen LogP contribution in [0.25, 0.3) is 0 Å². The predicted molar refractivity (Wildman–Crippen MR) is 150 cm³/mol. The number of ketones is 1. The second-order valence-electron chi connectivity index (χ2n) is 12.9. The van der Waals surface area contributed by atoms with Gasteiger partial charge in [-0.15, -0.1) is 0 Å². The average molecular weight is 550 g/mol. The number of methoxy groups -OCH3 is 1. The molecule has 5 rings (SSSR count). The molecule has 0 radical (unpaired) electrons. The van der Waals surface area contributed by atoms with Crippen molar-refractivity contribution in [2.24, 2.45) is 28.6 Å². The predicted octanol–water partition coefficient (Wildman–Crippen LogP) is 5.11. The Hall–Kier alpha value is -2.96. The second kappa shape index (κ2) is 11.5. The fourth-order valence-electron chi connectivity index (χ4n) is 8.59. The van der Waals surface area contributed by atoms with Gasteiger partial charge in [-0.1, -0.05) is 49.8 Å². The molecule has 1 aromatic rings. The Morgan fingerprint density at radius 1 is 0.975 bits per heavy atom. The Morgan fingerprint density at radius 2 is 1.75 bits per heavy atom. The summed E-state index contributed by atoms with van der Waals surface area (Å²) >= 11 is 0. The van der Waals surface area contributed by atoms with Crippen LogP contribution in [0.4, 0.5) is 0 Å². The summed E-state index contributed by atoms with van der Waals surface area (Å²) in [5.74, 6) is 0.753. The Bertz CT molecular complexity index is 1180. The summed E-state index contributed by atoms with van der Waals surface area (Å²) in [7, 11) is 1.30. The molecule has 7 heteroatoms. The molecule has 1 aromatic carbocycles. The highest BCUT2D eigenvalue weighted by Gasteiger charge is 2.60. The van der Waals surface area contributed by atoms with Crippen molar-refractivity contribution in [1.29, 1.82) is 0 Å². The van der Waals surface area contributed by atoms with Gasteiger partial charge in [0.2, 0.25) is 5.91 Å². The first-order valence-corrected chi connectivity index (χ1v) is 15.0. The lowest BCUT2D eigenvalue weighted by Gasteiger charge is -2.57. The third-order valence-electron chi connectivity index (χ3n) is 10.8. The average Bonchev–Trinajstić information content (AvgIpc) is 3.27. The van der Waals surface area contributed by atoms with E-state index in [0.29, 0.717) is 30.6 Å². The summed E-state index contributed by atoms with van der Waals surface area (Å²) in [4.78, 5) is 49.9. The largest absolute Gasteiger partial charge is 0.467 e. The molecular weight excluding hydrogens is 506 g/mol. The number of fused-ring (bicyclic) bond motifs is 5. The Kier molecular flexibility index (Phi) is 8.21. The summed E-state index contributed by atoms with van der Waals surface area (Å²) in [6.45, 7) is 4.68. The normalized spacial score (nSPS) is 33.5. The minimum absolute atomic E-state index is 0.0192. The Labute approximate surface area is 237 Å². The number of hydrogen-bond donors (Lipinski definition) is 1. The molecule has 216 valence electrons. The maximum Gasteiger partial charge on any atom is 0.328 e. The van der Waals surface area contributed by atoms with Gasteiger partial charge >= 0.3 is 11.9 Å². The number of allylic oxidation sites excluding steroid dienone is 1. The fraction of sp³-hybridized carbons (Fsp3) is 0.636. The molecule has 3 saturated carbocycles. The van der Waals surface area contributed by atoms with Gasteiger partial charge in [0, 0.05) is 24.7 Å². The van der Waals surface area contributed by atoms with Crippen LogP contribution in [-0.4, -0.2) is 42.9 Å². The quantitative estimate of drug-likeness (QED) is 0.453. The highest BCUT2D eigenvalue weighted by Crippen LogP contribution is 2.65. The van der Waals surface area contributed by atoms with Crippen LogP contribution in [0.15, 0.2) is 42.0 Å². The van der Waals surface area contributed by atoms with Crippen LogP contribution in [0.5, 0.6) is 0 Å². The Morgan fingerprint density at radius 3 is 2.50 bits per heavy atom. The summed E-state index contributed by atoms with van der Waals surface area (Å²) in [5.41, 5.74) is 2.36. The van der Waals surface area contributed by atoms with Crippen LogP contribution >= 0.6 is 0 Å². The number of benzene rings is 1. The summed E-state index contributed by atoms with van der Waals surface area (Å²) in [6.07, 6.45) is 9.87. The fourth-order valence-corrected chi connectivity index (χ4v) is 8.59. The molecule has 0 heterocycles. The van der Waals surface area contributed by atoms with Crippen molar-refractivity contribution >= 4 is 23.6 Å². The lowest BCUT2D eigenvalue weighted by molar-refractivity contribution is -0.160. The van der Waals surface area contributed by atoms with Crippen molar-refractivity contribution < 1.29 is 28.7 Å². The van der Waals surface area contributed by atoms with Gasteiger partial charge in [0.1, 0.15) is 12.1 Å². The van der Waals surface area contributed by atoms with E-state index >= 15 is 0 Å². The lowest BCUT2D eigenvalue weighted by Crippen LogP contribution is -2.51. The van der Waals surface area contributed by atoms with Gasteiger partial charge in [0.05, 0.1) is 13.5 Å². The van der Waals surface area contributed by atoms with Crippen molar-refractivity contribution in [1.82, 2.24) is 5.32 Å². The van der Waals surface area contributed by atoms with Gasteiger partial charge in [-0.25, -0.2) is 4.79 Å². The van der Waals surface area contributed by atoms with E-state index in [0.717, 1.165) is 50.5 Å². The van der Waals surface area contributed by atoms with Crippen molar-refractivity contribution in [3.05, 3.63) is 47.5 Å². The van der Waals surface area contributed by atoms with E-state index in [1.807, 2.05) is 36.4 Å². The van der Waals surface area contributed by atoms with E-state index in [2.05, 4.69) is 19.2 Å². The molecule has 7 atom stereocenters. The monoisotopic (exact) mass is 549 g/mol. The van der Waals surface area contributed by atoms with Gasteiger partial charge in [-0.2, -0.15) is 0 Å². The lowest BCUT2D eigenvalue weighted by atomic mass is 9.47. The molecule has 0 bridgehead atoms. The topological polar surface area (TPSA) is 98.8 Å². The van der Waals surface area contributed by atoms with Gasteiger partial charge < -0.3 is 14.8 Å². The SMILES string of the molecule is COC(=O)[C@@H](Cc1ccccc1)NC(=O)CCC(=O)O[C@H]1CC[C@H]2[C@@H]3CCC4=CC(=O)CC[C@]4(C)[C@H]3CC[C@]12C. The number of carbonyl (C=O) groups excluding carboxylic acids is 4. The van der Waals surface area contributed by atoms with E-state index in [4.69, 9.17) is 9.47 Å². The van der Waals surface area contributed by atoms with E-state index in [1.54, 1.807) is 0 Å². The zero-order chi connectivity index (χ0) is 28.5. The summed E-state index contributed by atoms with van der Waals surface area (Å²) < 4.78 is 10.9. The molecule has 0 spiro atoms. The summed E-state index contributed by atoms with van der Waals surface area (Å²) in [6, 6.07) is 8.62. The first kappa shape index (κ1) is 28.6.